The summed E-state index contributed by atoms with van der Waals surface area (Å²) in [6.07, 6.45) is 1.96. The predicted molar refractivity (Wildman–Crippen MR) is 58.5 cm³/mol. The van der Waals surface area contributed by atoms with Crippen LogP contribution in [0.4, 0.5) is 4.39 Å². The van der Waals surface area contributed by atoms with Gasteiger partial charge in [0.1, 0.15) is 0 Å². The average molecular weight is 225 g/mol. The first-order valence-electron chi connectivity index (χ1n) is 5.17. The van der Waals surface area contributed by atoms with Crippen molar-refractivity contribution in [2.24, 2.45) is 5.41 Å². The summed E-state index contributed by atoms with van der Waals surface area (Å²) in [5.41, 5.74) is 0.400. The lowest BCUT2D eigenvalue weighted by Crippen LogP contribution is -2.13. The molecule has 4 heteroatoms. The minimum Gasteiger partial charge on any atom is -0.462 e. The van der Waals surface area contributed by atoms with E-state index in [9.17, 15) is 9.18 Å². The van der Waals surface area contributed by atoms with Crippen molar-refractivity contribution >= 4 is 5.97 Å². The molecule has 3 nitrogen and oxygen atoms in total. The summed E-state index contributed by atoms with van der Waals surface area (Å²) in [7, 11) is 0. The maximum Gasteiger partial charge on any atom is 0.339 e. The molecule has 0 bridgehead atoms. The van der Waals surface area contributed by atoms with Gasteiger partial charge in [0, 0.05) is 6.20 Å². The van der Waals surface area contributed by atoms with Gasteiger partial charge in [0.25, 0.3) is 0 Å². The molecule has 0 aromatic carbocycles. The van der Waals surface area contributed by atoms with Gasteiger partial charge in [-0.3, -0.25) is 0 Å². The molecular formula is C12H16FNO2. The number of carbonyl (C=O) groups is 1. The van der Waals surface area contributed by atoms with E-state index in [2.05, 4.69) is 25.8 Å². The number of carbonyl (C=O) groups excluding carboxylic acids is 1. The zero-order valence-corrected chi connectivity index (χ0v) is 9.79. The number of esters is 1. The molecule has 0 saturated heterocycles. The Hall–Kier alpha value is -1.45. The molecular weight excluding hydrogens is 209 g/mol. The molecule has 1 heterocycles. The fraction of sp³-hybridized carbons (Fsp3) is 0.500. The number of aromatic nitrogens is 1. The normalized spacial score (nSPS) is 11.2. The van der Waals surface area contributed by atoms with Crippen molar-refractivity contribution in [3.05, 3.63) is 29.8 Å². The van der Waals surface area contributed by atoms with E-state index in [4.69, 9.17) is 4.74 Å². The third-order valence-electron chi connectivity index (χ3n) is 2.05. The van der Waals surface area contributed by atoms with Gasteiger partial charge in [-0.15, -0.1) is 0 Å². The van der Waals surface area contributed by atoms with E-state index in [1.165, 1.54) is 12.3 Å². The van der Waals surface area contributed by atoms with Crippen LogP contribution >= 0.6 is 0 Å². The zero-order valence-electron chi connectivity index (χ0n) is 9.79. The standard InChI is InChI=1S/C12H16FNO2/c1-12(2,3)6-7-16-11(15)9-4-5-10(13)14-8-9/h4-5,8H,6-7H2,1-3H3. The Balaban J connectivity index is 2.44. The van der Waals surface area contributed by atoms with Crippen LogP contribution in [-0.4, -0.2) is 17.6 Å². The summed E-state index contributed by atoms with van der Waals surface area (Å²) >= 11 is 0. The highest BCUT2D eigenvalue weighted by atomic mass is 19.1. The third-order valence-corrected chi connectivity index (χ3v) is 2.05. The van der Waals surface area contributed by atoms with Crippen molar-refractivity contribution in [3.8, 4) is 0 Å². The molecule has 1 aromatic rings. The van der Waals surface area contributed by atoms with Crippen LogP contribution in [0, 0.1) is 11.4 Å². The van der Waals surface area contributed by atoms with Gasteiger partial charge in [-0.2, -0.15) is 4.39 Å². The van der Waals surface area contributed by atoms with Crippen LogP contribution in [0.2, 0.25) is 0 Å². The average Bonchev–Trinajstić information content (AvgIpc) is 2.16. The van der Waals surface area contributed by atoms with Gasteiger partial charge >= 0.3 is 5.97 Å². The van der Waals surface area contributed by atoms with Gasteiger partial charge in [0.2, 0.25) is 5.95 Å². The van der Waals surface area contributed by atoms with Crippen LogP contribution in [0.15, 0.2) is 18.3 Å². The predicted octanol–water partition coefficient (Wildman–Crippen LogP) is 2.81. The second kappa shape index (κ2) is 5.05. The van der Waals surface area contributed by atoms with Gasteiger partial charge in [-0.05, 0) is 24.0 Å². The van der Waals surface area contributed by atoms with Crippen molar-refractivity contribution in [2.75, 3.05) is 6.61 Å². The van der Waals surface area contributed by atoms with Crippen LogP contribution in [0.5, 0.6) is 0 Å². The van der Waals surface area contributed by atoms with Crippen LogP contribution in [0.25, 0.3) is 0 Å². The number of ether oxygens (including phenoxy) is 1. The molecule has 0 N–H and O–H groups in total. The van der Waals surface area contributed by atoms with Crippen LogP contribution in [-0.2, 0) is 4.74 Å². The largest absolute Gasteiger partial charge is 0.462 e. The number of nitrogens with zero attached hydrogens (tertiary/aromatic N) is 1. The summed E-state index contributed by atoms with van der Waals surface area (Å²) in [5.74, 6) is -1.07. The van der Waals surface area contributed by atoms with Crippen molar-refractivity contribution < 1.29 is 13.9 Å². The summed E-state index contributed by atoms with van der Waals surface area (Å²) in [6.45, 7) is 6.57. The Kier molecular flexibility index (Phi) is 3.99. The first-order valence-corrected chi connectivity index (χ1v) is 5.17. The molecule has 0 radical (unpaired) electrons. The number of rotatable bonds is 3. The Morgan fingerprint density at radius 2 is 2.12 bits per heavy atom. The molecule has 0 fully saturated rings. The number of halogens is 1. The first kappa shape index (κ1) is 12.6. The third kappa shape index (κ3) is 4.38. The number of pyridine rings is 1. The van der Waals surface area contributed by atoms with Crippen LogP contribution in [0.3, 0.4) is 0 Å². The molecule has 0 spiro atoms. The van der Waals surface area contributed by atoms with E-state index in [1.807, 2.05) is 0 Å². The lowest BCUT2D eigenvalue weighted by Gasteiger charge is -2.17. The number of hydrogen-bond donors (Lipinski definition) is 0. The SMILES string of the molecule is CC(C)(C)CCOC(=O)c1ccc(F)nc1. The maximum atomic E-state index is 12.5. The van der Waals surface area contributed by atoms with Crippen molar-refractivity contribution in [1.29, 1.82) is 0 Å². The topological polar surface area (TPSA) is 39.2 Å². The minimum absolute atomic E-state index is 0.126. The van der Waals surface area contributed by atoms with Crippen molar-refractivity contribution in [2.45, 2.75) is 27.2 Å². The van der Waals surface area contributed by atoms with Gasteiger partial charge < -0.3 is 4.74 Å². The van der Waals surface area contributed by atoms with Gasteiger partial charge in [0.05, 0.1) is 12.2 Å². The molecule has 0 aliphatic rings. The van der Waals surface area contributed by atoms with Gasteiger partial charge in [-0.25, -0.2) is 9.78 Å². The lowest BCUT2D eigenvalue weighted by molar-refractivity contribution is 0.0464. The highest BCUT2D eigenvalue weighted by molar-refractivity contribution is 5.88. The fourth-order valence-electron chi connectivity index (χ4n) is 1.03. The van der Waals surface area contributed by atoms with Crippen LogP contribution in [0.1, 0.15) is 37.6 Å². The molecule has 0 amide bonds. The first-order chi connectivity index (χ1) is 7.38. The van der Waals surface area contributed by atoms with E-state index in [1.54, 1.807) is 0 Å². The lowest BCUT2D eigenvalue weighted by atomic mass is 9.93. The van der Waals surface area contributed by atoms with E-state index < -0.39 is 11.9 Å². The molecule has 0 aliphatic carbocycles. The Morgan fingerprint density at radius 3 is 2.62 bits per heavy atom. The summed E-state index contributed by atoms with van der Waals surface area (Å²) in [4.78, 5) is 14.8. The fourth-order valence-corrected chi connectivity index (χ4v) is 1.03. The highest BCUT2D eigenvalue weighted by Gasteiger charge is 2.12. The van der Waals surface area contributed by atoms with Crippen molar-refractivity contribution in [1.82, 2.24) is 4.98 Å². The zero-order chi connectivity index (χ0) is 12.2. The smallest absolute Gasteiger partial charge is 0.339 e. The van der Waals surface area contributed by atoms with Gasteiger partial charge in [0.15, 0.2) is 0 Å². The van der Waals surface area contributed by atoms with E-state index in [-0.39, 0.29) is 11.0 Å². The van der Waals surface area contributed by atoms with Crippen LogP contribution < -0.4 is 0 Å². The minimum atomic E-state index is -0.605. The molecule has 0 atom stereocenters. The Labute approximate surface area is 94.6 Å². The molecule has 0 aliphatic heterocycles. The van der Waals surface area contributed by atoms with E-state index >= 15 is 0 Å². The molecule has 1 aromatic heterocycles. The highest BCUT2D eigenvalue weighted by Crippen LogP contribution is 2.18. The Morgan fingerprint density at radius 1 is 1.44 bits per heavy atom. The van der Waals surface area contributed by atoms with Crippen molar-refractivity contribution in [3.63, 3.8) is 0 Å². The van der Waals surface area contributed by atoms with Gasteiger partial charge in [-0.1, -0.05) is 20.8 Å². The second-order valence-electron chi connectivity index (χ2n) is 4.82. The monoisotopic (exact) mass is 225 g/mol. The molecule has 1 rings (SSSR count). The molecule has 88 valence electrons. The molecule has 16 heavy (non-hydrogen) atoms. The Bertz CT molecular complexity index is 354. The molecule has 0 saturated carbocycles. The second-order valence-corrected chi connectivity index (χ2v) is 4.82. The summed E-state index contributed by atoms with van der Waals surface area (Å²) in [6, 6.07) is 2.50. The number of hydrogen-bond acceptors (Lipinski definition) is 3. The van der Waals surface area contributed by atoms with E-state index in [0.29, 0.717) is 6.61 Å². The quantitative estimate of drug-likeness (QED) is 0.586. The summed E-state index contributed by atoms with van der Waals surface area (Å²) < 4.78 is 17.5. The van der Waals surface area contributed by atoms with E-state index in [0.717, 1.165) is 12.5 Å². The molecule has 0 unspecified atom stereocenters. The maximum absolute atomic E-state index is 12.5. The summed E-state index contributed by atoms with van der Waals surface area (Å²) in [5, 5.41) is 0.